The highest BCUT2D eigenvalue weighted by molar-refractivity contribution is 7.18. The average Bonchev–Trinajstić information content (AvgIpc) is 2.76. The summed E-state index contributed by atoms with van der Waals surface area (Å²) >= 11 is 1.68. The van der Waals surface area contributed by atoms with Gasteiger partial charge in [0, 0.05) is 11.4 Å². The Labute approximate surface area is 124 Å². The van der Waals surface area contributed by atoms with Gasteiger partial charge in [0.25, 0.3) is 0 Å². The summed E-state index contributed by atoms with van der Waals surface area (Å²) in [6.45, 7) is 11.5. The van der Waals surface area contributed by atoms with E-state index in [1.807, 2.05) is 0 Å². The minimum absolute atomic E-state index is 0.132. The molecule has 2 heterocycles. The first-order chi connectivity index (χ1) is 9.51. The Bertz CT molecular complexity index is 580. The number of nitrogens with one attached hydrogen (secondary N) is 1. The van der Waals surface area contributed by atoms with Crippen molar-refractivity contribution in [1.29, 1.82) is 0 Å². The van der Waals surface area contributed by atoms with Crippen LogP contribution in [0.1, 0.15) is 39.0 Å². The number of nitrogens with zero attached hydrogens (tertiary/aromatic N) is 2. The lowest BCUT2D eigenvalue weighted by molar-refractivity contribution is 0.166. The zero-order chi connectivity index (χ0) is 14.7. The van der Waals surface area contributed by atoms with Crippen molar-refractivity contribution in [2.24, 2.45) is 5.92 Å². The molecule has 0 spiro atoms. The van der Waals surface area contributed by atoms with Crippen molar-refractivity contribution in [1.82, 2.24) is 9.97 Å². The van der Waals surface area contributed by atoms with Crippen LogP contribution in [0.4, 0.5) is 5.95 Å². The Kier molecular flexibility index (Phi) is 4.81. The van der Waals surface area contributed by atoms with Crippen molar-refractivity contribution >= 4 is 27.5 Å². The number of hydrogen-bond acceptors (Lipinski definition) is 5. The van der Waals surface area contributed by atoms with Crippen molar-refractivity contribution < 1.29 is 4.74 Å². The Balaban J connectivity index is 2.38. The van der Waals surface area contributed by atoms with E-state index in [9.17, 15) is 0 Å². The highest BCUT2D eigenvalue weighted by atomic mass is 32.1. The van der Waals surface area contributed by atoms with Crippen LogP contribution < -0.4 is 10.1 Å². The van der Waals surface area contributed by atoms with E-state index in [1.54, 1.807) is 11.3 Å². The molecule has 0 aliphatic carbocycles. The Morgan fingerprint density at radius 3 is 2.70 bits per heavy atom. The van der Waals surface area contributed by atoms with Gasteiger partial charge in [-0.05, 0) is 32.3 Å². The third kappa shape index (κ3) is 3.39. The van der Waals surface area contributed by atoms with Gasteiger partial charge >= 0.3 is 0 Å². The molecule has 0 radical (unpaired) electrons. The molecule has 20 heavy (non-hydrogen) atoms. The van der Waals surface area contributed by atoms with Crippen molar-refractivity contribution in [3.63, 3.8) is 0 Å². The summed E-state index contributed by atoms with van der Waals surface area (Å²) in [6, 6.07) is 2.10. The molecule has 1 unspecified atom stereocenters. The van der Waals surface area contributed by atoms with E-state index in [0.29, 0.717) is 17.7 Å². The van der Waals surface area contributed by atoms with Gasteiger partial charge < -0.3 is 10.1 Å². The summed E-state index contributed by atoms with van der Waals surface area (Å²) in [4.78, 5) is 11.3. The molecule has 0 bridgehead atoms. The average molecular weight is 293 g/mol. The van der Waals surface area contributed by atoms with Gasteiger partial charge in [-0.2, -0.15) is 4.98 Å². The number of thiophene rings is 1. The van der Waals surface area contributed by atoms with Crippen LogP contribution in [0.15, 0.2) is 6.07 Å². The van der Waals surface area contributed by atoms with Crippen LogP contribution in [0.3, 0.4) is 0 Å². The molecule has 2 rings (SSSR count). The molecule has 0 saturated carbocycles. The Morgan fingerprint density at radius 1 is 1.30 bits per heavy atom. The SMILES string of the molecule is CCCNc1nc(OC(C)C(C)C)c2cc(C)sc2n1. The first-order valence-corrected chi connectivity index (χ1v) is 8.01. The fraction of sp³-hybridized carbons (Fsp3) is 0.600. The second-order valence-electron chi connectivity index (χ2n) is 5.42. The van der Waals surface area contributed by atoms with Crippen molar-refractivity contribution in [3.8, 4) is 5.88 Å². The lowest BCUT2D eigenvalue weighted by atomic mass is 10.1. The van der Waals surface area contributed by atoms with E-state index >= 15 is 0 Å². The fourth-order valence-electron chi connectivity index (χ4n) is 1.73. The van der Waals surface area contributed by atoms with E-state index in [-0.39, 0.29) is 6.10 Å². The molecule has 0 amide bonds. The van der Waals surface area contributed by atoms with E-state index < -0.39 is 0 Å². The van der Waals surface area contributed by atoms with Crippen LogP contribution in [0.25, 0.3) is 10.2 Å². The lowest BCUT2D eigenvalue weighted by Crippen LogP contribution is -2.19. The predicted octanol–water partition coefficient (Wildman–Crippen LogP) is 4.24. The maximum absolute atomic E-state index is 6.04. The first kappa shape index (κ1) is 15.0. The largest absolute Gasteiger partial charge is 0.474 e. The van der Waals surface area contributed by atoms with Crippen LogP contribution in [0, 0.1) is 12.8 Å². The summed E-state index contributed by atoms with van der Waals surface area (Å²) < 4.78 is 6.04. The second-order valence-corrected chi connectivity index (χ2v) is 6.66. The lowest BCUT2D eigenvalue weighted by Gasteiger charge is -2.18. The molecule has 110 valence electrons. The van der Waals surface area contributed by atoms with Crippen LogP contribution >= 0.6 is 11.3 Å². The minimum Gasteiger partial charge on any atom is -0.474 e. The van der Waals surface area contributed by atoms with E-state index in [4.69, 9.17) is 4.74 Å². The van der Waals surface area contributed by atoms with E-state index in [2.05, 4.69) is 56.0 Å². The quantitative estimate of drug-likeness (QED) is 0.865. The third-order valence-corrected chi connectivity index (χ3v) is 4.19. The monoisotopic (exact) mass is 293 g/mol. The second kappa shape index (κ2) is 6.39. The number of ether oxygens (including phenoxy) is 1. The van der Waals surface area contributed by atoms with Gasteiger partial charge in [-0.25, -0.2) is 4.98 Å². The maximum Gasteiger partial charge on any atom is 0.227 e. The standard InChI is InChI=1S/C15H23N3OS/c1-6-7-16-15-17-13(19-11(5)9(2)3)12-8-10(4)20-14(12)18-15/h8-9,11H,6-7H2,1-5H3,(H,16,17,18). The maximum atomic E-state index is 6.04. The highest BCUT2D eigenvalue weighted by Crippen LogP contribution is 2.32. The number of rotatable bonds is 6. The van der Waals surface area contributed by atoms with Crippen molar-refractivity contribution in [2.75, 3.05) is 11.9 Å². The van der Waals surface area contributed by atoms with Gasteiger partial charge in [-0.1, -0.05) is 20.8 Å². The molecule has 2 aromatic heterocycles. The molecule has 1 N–H and O–H groups in total. The topological polar surface area (TPSA) is 47.0 Å². The highest BCUT2D eigenvalue weighted by Gasteiger charge is 2.16. The molecule has 0 saturated heterocycles. The van der Waals surface area contributed by atoms with Crippen LogP contribution in [-0.2, 0) is 0 Å². The molecular formula is C15H23N3OS. The summed E-state index contributed by atoms with van der Waals surface area (Å²) in [7, 11) is 0. The van der Waals surface area contributed by atoms with Gasteiger partial charge in [0.15, 0.2) is 0 Å². The van der Waals surface area contributed by atoms with Crippen LogP contribution in [0.2, 0.25) is 0 Å². The van der Waals surface area contributed by atoms with E-state index in [1.165, 1.54) is 4.88 Å². The number of fused-ring (bicyclic) bond motifs is 1. The van der Waals surface area contributed by atoms with E-state index in [0.717, 1.165) is 23.2 Å². The number of anilines is 1. The Hall–Kier alpha value is -1.36. The van der Waals surface area contributed by atoms with Gasteiger partial charge in [0.05, 0.1) is 11.5 Å². The first-order valence-electron chi connectivity index (χ1n) is 7.20. The molecule has 0 aromatic carbocycles. The van der Waals surface area contributed by atoms with Crippen LogP contribution in [0.5, 0.6) is 5.88 Å². The van der Waals surface area contributed by atoms with Gasteiger partial charge in [0.1, 0.15) is 4.83 Å². The summed E-state index contributed by atoms with van der Waals surface area (Å²) in [5, 5.41) is 4.26. The molecule has 2 aromatic rings. The fourth-order valence-corrected chi connectivity index (χ4v) is 2.60. The van der Waals surface area contributed by atoms with Crippen LogP contribution in [-0.4, -0.2) is 22.6 Å². The number of aromatic nitrogens is 2. The Morgan fingerprint density at radius 2 is 2.05 bits per heavy atom. The molecule has 1 atom stereocenters. The van der Waals surface area contributed by atoms with Crippen molar-refractivity contribution in [3.05, 3.63) is 10.9 Å². The molecule has 4 nitrogen and oxygen atoms in total. The normalized spacial score (nSPS) is 12.9. The summed E-state index contributed by atoms with van der Waals surface area (Å²) in [6.07, 6.45) is 1.18. The van der Waals surface area contributed by atoms with Gasteiger partial charge in [0.2, 0.25) is 11.8 Å². The van der Waals surface area contributed by atoms with Gasteiger partial charge in [-0.15, -0.1) is 11.3 Å². The summed E-state index contributed by atoms with van der Waals surface area (Å²) in [5.74, 6) is 1.80. The van der Waals surface area contributed by atoms with Gasteiger partial charge in [-0.3, -0.25) is 0 Å². The molecular weight excluding hydrogens is 270 g/mol. The molecule has 5 heteroatoms. The third-order valence-electron chi connectivity index (χ3n) is 3.25. The number of aryl methyl sites for hydroxylation is 1. The molecule has 0 aliphatic rings. The van der Waals surface area contributed by atoms with Crippen molar-refractivity contribution in [2.45, 2.75) is 47.1 Å². The smallest absolute Gasteiger partial charge is 0.227 e. The summed E-state index contributed by atoms with van der Waals surface area (Å²) in [5.41, 5.74) is 0. The zero-order valence-corrected chi connectivity index (χ0v) is 13.7. The molecule has 0 fully saturated rings. The minimum atomic E-state index is 0.132. The number of hydrogen-bond donors (Lipinski definition) is 1. The predicted molar refractivity (Wildman–Crippen MR) is 85.9 cm³/mol. The molecule has 0 aliphatic heterocycles. The zero-order valence-electron chi connectivity index (χ0n) is 12.9.